The van der Waals surface area contributed by atoms with Crippen LogP contribution < -0.4 is 4.90 Å². The lowest BCUT2D eigenvalue weighted by atomic mass is 9.80. The number of fused-ring (bicyclic) bond motifs is 1. The molecule has 1 saturated heterocycles. The second-order valence-corrected chi connectivity index (χ2v) is 7.99. The van der Waals surface area contributed by atoms with E-state index in [1.54, 1.807) is 19.1 Å². The minimum absolute atomic E-state index is 0.0140. The van der Waals surface area contributed by atoms with Crippen molar-refractivity contribution in [2.75, 3.05) is 18.1 Å². The van der Waals surface area contributed by atoms with Gasteiger partial charge in [-0.2, -0.15) is 0 Å². The van der Waals surface area contributed by atoms with Crippen LogP contribution in [0.15, 0.2) is 36.4 Å². The highest BCUT2D eigenvalue weighted by molar-refractivity contribution is 5.74. The van der Waals surface area contributed by atoms with Gasteiger partial charge in [0.2, 0.25) is 0 Å². The summed E-state index contributed by atoms with van der Waals surface area (Å²) in [4.78, 5) is 13.5. The Morgan fingerprint density at radius 1 is 1.17 bits per heavy atom. The van der Waals surface area contributed by atoms with E-state index in [2.05, 4.69) is 4.90 Å². The van der Waals surface area contributed by atoms with Crippen LogP contribution in [0, 0.1) is 24.5 Å². The van der Waals surface area contributed by atoms with Crippen molar-refractivity contribution < 1.29 is 23.4 Å². The van der Waals surface area contributed by atoms with Crippen molar-refractivity contribution >= 4 is 17.3 Å². The number of halogens is 2. The van der Waals surface area contributed by atoms with Crippen LogP contribution in [0.5, 0.6) is 0 Å². The molecule has 0 saturated carbocycles. The van der Waals surface area contributed by atoms with Crippen molar-refractivity contribution in [3.05, 3.63) is 59.2 Å². The quantitative estimate of drug-likeness (QED) is 0.751. The number of benzene rings is 2. The minimum atomic E-state index is -0.857. The Morgan fingerprint density at radius 3 is 2.62 bits per heavy atom. The number of carbonyl (C=O) groups is 1. The van der Waals surface area contributed by atoms with Gasteiger partial charge >= 0.3 is 5.97 Å². The zero-order valence-corrected chi connectivity index (χ0v) is 16.4. The molecule has 2 atom stereocenters. The molecule has 29 heavy (non-hydrogen) atoms. The normalized spacial score (nSPS) is 22.0. The zero-order chi connectivity index (χ0) is 20.5. The summed E-state index contributed by atoms with van der Waals surface area (Å²) >= 11 is 0. The van der Waals surface area contributed by atoms with E-state index < -0.39 is 5.97 Å². The van der Waals surface area contributed by atoms with Crippen LogP contribution in [0.1, 0.15) is 42.7 Å². The molecule has 0 radical (unpaired) electrons. The molecule has 0 amide bonds. The highest BCUT2D eigenvalue weighted by Crippen LogP contribution is 2.51. The molecule has 0 spiro atoms. The van der Waals surface area contributed by atoms with Crippen molar-refractivity contribution in [2.24, 2.45) is 5.92 Å². The van der Waals surface area contributed by atoms with Gasteiger partial charge in [0.05, 0.1) is 0 Å². The van der Waals surface area contributed by atoms with E-state index in [0.29, 0.717) is 25.2 Å². The second-order valence-electron chi connectivity index (χ2n) is 7.99. The summed E-state index contributed by atoms with van der Waals surface area (Å²) in [6, 6.07) is 9.74. The van der Waals surface area contributed by atoms with Crippen LogP contribution in [-0.2, 0) is 9.53 Å². The van der Waals surface area contributed by atoms with E-state index >= 15 is 0 Å². The standard InChI is InChI=1S/C23H25F2NO3/c1-14-12-17(3-5-20(14)25)26-21-6-2-16(24)13-19(21)18(4-7-22(27)28)23(26)15-8-10-29-11-9-15/h2-3,5-6,12-13,15,18,23H,4,7-11H2,1H3,(H,27,28). The molecular weight excluding hydrogens is 376 g/mol. The predicted octanol–water partition coefficient (Wildman–Crippen LogP) is 5.17. The summed E-state index contributed by atoms with van der Waals surface area (Å²) in [6.07, 6.45) is 2.18. The molecule has 2 aliphatic rings. The lowest BCUT2D eigenvalue weighted by molar-refractivity contribution is -0.137. The lowest BCUT2D eigenvalue weighted by Gasteiger charge is -2.38. The molecule has 2 aromatic rings. The third-order valence-electron chi connectivity index (χ3n) is 6.20. The Labute approximate surface area is 169 Å². The largest absolute Gasteiger partial charge is 0.481 e. The molecule has 2 aliphatic heterocycles. The maximum absolute atomic E-state index is 14.1. The van der Waals surface area contributed by atoms with Crippen LogP contribution in [0.4, 0.5) is 20.2 Å². The van der Waals surface area contributed by atoms with Gasteiger partial charge in [0.15, 0.2) is 0 Å². The summed E-state index contributed by atoms with van der Waals surface area (Å²) in [7, 11) is 0. The third-order valence-corrected chi connectivity index (χ3v) is 6.20. The van der Waals surface area contributed by atoms with E-state index in [0.717, 1.165) is 29.8 Å². The Morgan fingerprint density at radius 2 is 1.93 bits per heavy atom. The van der Waals surface area contributed by atoms with E-state index in [4.69, 9.17) is 4.74 Å². The number of hydrogen-bond donors (Lipinski definition) is 1. The number of ether oxygens (including phenoxy) is 1. The fourth-order valence-electron chi connectivity index (χ4n) is 4.86. The molecular formula is C23H25F2NO3. The maximum atomic E-state index is 14.1. The predicted molar refractivity (Wildman–Crippen MR) is 107 cm³/mol. The number of rotatable bonds is 5. The van der Waals surface area contributed by atoms with Gasteiger partial charge in [0.25, 0.3) is 0 Å². The number of aliphatic carboxylic acids is 1. The zero-order valence-electron chi connectivity index (χ0n) is 16.4. The second kappa shape index (κ2) is 8.11. The molecule has 4 rings (SSSR count). The van der Waals surface area contributed by atoms with Crippen LogP contribution in [0.3, 0.4) is 0 Å². The summed E-state index contributed by atoms with van der Waals surface area (Å²) in [5.74, 6) is -1.28. The van der Waals surface area contributed by atoms with Crippen molar-refractivity contribution in [3.63, 3.8) is 0 Å². The molecule has 0 aromatic heterocycles. The van der Waals surface area contributed by atoms with Gasteiger partial charge in [-0.05, 0) is 79.6 Å². The van der Waals surface area contributed by atoms with E-state index in [-0.39, 0.29) is 35.9 Å². The first-order valence-corrected chi connectivity index (χ1v) is 10.1. The van der Waals surface area contributed by atoms with Crippen molar-refractivity contribution in [1.82, 2.24) is 0 Å². The smallest absolute Gasteiger partial charge is 0.303 e. The van der Waals surface area contributed by atoms with Gasteiger partial charge in [-0.15, -0.1) is 0 Å². The van der Waals surface area contributed by atoms with Crippen LogP contribution >= 0.6 is 0 Å². The van der Waals surface area contributed by atoms with Gasteiger partial charge in [-0.25, -0.2) is 8.78 Å². The summed E-state index contributed by atoms with van der Waals surface area (Å²) < 4.78 is 33.6. The van der Waals surface area contributed by atoms with Gasteiger partial charge in [-0.3, -0.25) is 4.79 Å². The monoisotopic (exact) mass is 401 g/mol. The fraction of sp³-hybridized carbons (Fsp3) is 0.435. The molecule has 0 bridgehead atoms. The molecule has 2 unspecified atom stereocenters. The average Bonchev–Trinajstić information content (AvgIpc) is 3.02. The fourth-order valence-corrected chi connectivity index (χ4v) is 4.86. The molecule has 1 fully saturated rings. The van der Waals surface area contributed by atoms with Crippen LogP contribution in [0.2, 0.25) is 0 Å². The lowest BCUT2D eigenvalue weighted by Crippen LogP contribution is -2.40. The molecule has 154 valence electrons. The minimum Gasteiger partial charge on any atom is -0.481 e. The van der Waals surface area contributed by atoms with E-state index in [9.17, 15) is 18.7 Å². The van der Waals surface area contributed by atoms with Crippen LogP contribution in [0.25, 0.3) is 0 Å². The van der Waals surface area contributed by atoms with E-state index in [1.807, 2.05) is 6.07 Å². The number of anilines is 2. The first kappa shape index (κ1) is 19.8. The topological polar surface area (TPSA) is 49.8 Å². The molecule has 4 nitrogen and oxygen atoms in total. The number of hydrogen-bond acceptors (Lipinski definition) is 3. The Bertz CT molecular complexity index is 911. The van der Waals surface area contributed by atoms with Gasteiger partial charge < -0.3 is 14.7 Å². The van der Waals surface area contributed by atoms with Crippen molar-refractivity contribution in [3.8, 4) is 0 Å². The Hall–Kier alpha value is -2.47. The molecule has 0 aliphatic carbocycles. The molecule has 1 N–H and O–H groups in total. The van der Waals surface area contributed by atoms with Gasteiger partial charge in [0.1, 0.15) is 11.6 Å². The highest BCUT2D eigenvalue weighted by Gasteiger charge is 2.44. The average molecular weight is 401 g/mol. The number of carboxylic acids is 1. The summed E-state index contributed by atoms with van der Waals surface area (Å²) in [5, 5.41) is 9.27. The highest BCUT2D eigenvalue weighted by atomic mass is 19.1. The van der Waals surface area contributed by atoms with Gasteiger partial charge in [0, 0.05) is 43.0 Å². The molecule has 6 heteroatoms. The number of aryl methyl sites for hydroxylation is 1. The third kappa shape index (κ3) is 3.86. The number of nitrogens with zero attached hydrogens (tertiary/aromatic N) is 1. The van der Waals surface area contributed by atoms with Crippen LogP contribution in [-0.4, -0.2) is 30.3 Å². The Kier molecular flexibility index (Phi) is 5.54. The summed E-state index contributed by atoms with van der Waals surface area (Å²) in [6.45, 7) is 3.05. The van der Waals surface area contributed by atoms with E-state index in [1.165, 1.54) is 18.2 Å². The SMILES string of the molecule is Cc1cc(N2c3ccc(F)cc3C(CCC(=O)O)C2C2CCOCC2)ccc1F. The Balaban J connectivity index is 1.82. The maximum Gasteiger partial charge on any atom is 0.303 e. The summed E-state index contributed by atoms with van der Waals surface area (Å²) in [5.41, 5.74) is 3.12. The molecule has 2 aromatic carbocycles. The first-order valence-electron chi connectivity index (χ1n) is 10.1. The molecule has 2 heterocycles. The number of carboxylic acid groups (broad SMARTS) is 1. The first-order chi connectivity index (χ1) is 14.0. The van der Waals surface area contributed by atoms with Crippen molar-refractivity contribution in [2.45, 2.75) is 44.6 Å². The van der Waals surface area contributed by atoms with Gasteiger partial charge in [-0.1, -0.05) is 0 Å². The van der Waals surface area contributed by atoms with Crippen molar-refractivity contribution in [1.29, 1.82) is 0 Å².